The van der Waals surface area contributed by atoms with Gasteiger partial charge in [0.15, 0.2) is 23.2 Å². The SMILES string of the molecule is NC[C@H]1O[C@@H](n2cnc3c(N)nc(OC4CCCC4)nc32)[C@H](O)[C@@H]1O. The summed E-state index contributed by atoms with van der Waals surface area (Å²) in [6.45, 7) is 0.0918. The summed E-state index contributed by atoms with van der Waals surface area (Å²) < 4.78 is 13.0. The van der Waals surface area contributed by atoms with Gasteiger partial charge in [0.2, 0.25) is 0 Å². The van der Waals surface area contributed by atoms with E-state index in [1.807, 2.05) is 0 Å². The van der Waals surface area contributed by atoms with Crippen molar-refractivity contribution < 1.29 is 19.7 Å². The summed E-state index contributed by atoms with van der Waals surface area (Å²) >= 11 is 0. The van der Waals surface area contributed by atoms with Crippen LogP contribution in [0.3, 0.4) is 0 Å². The highest BCUT2D eigenvalue weighted by Gasteiger charge is 2.43. The molecule has 3 heterocycles. The number of rotatable bonds is 4. The lowest BCUT2D eigenvalue weighted by atomic mass is 10.1. The molecule has 4 rings (SSSR count). The summed E-state index contributed by atoms with van der Waals surface area (Å²) in [5.41, 5.74) is 12.3. The first kappa shape index (κ1) is 16.5. The van der Waals surface area contributed by atoms with Crippen LogP contribution in [0.15, 0.2) is 6.33 Å². The van der Waals surface area contributed by atoms with Gasteiger partial charge in [0.1, 0.15) is 24.4 Å². The quantitative estimate of drug-likeness (QED) is 0.560. The molecule has 0 aromatic carbocycles. The second-order valence-corrected chi connectivity index (χ2v) is 6.52. The van der Waals surface area contributed by atoms with Gasteiger partial charge in [0.25, 0.3) is 0 Å². The molecule has 0 bridgehead atoms. The summed E-state index contributed by atoms with van der Waals surface area (Å²) in [6, 6.07) is 0.182. The number of fused-ring (bicyclic) bond motifs is 1. The van der Waals surface area contributed by atoms with E-state index in [-0.39, 0.29) is 24.5 Å². The summed E-state index contributed by atoms with van der Waals surface area (Å²) in [5, 5.41) is 20.3. The van der Waals surface area contributed by atoms with Crippen molar-refractivity contribution in [3.63, 3.8) is 0 Å². The van der Waals surface area contributed by atoms with E-state index < -0.39 is 24.5 Å². The maximum Gasteiger partial charge on any atom is 0.320 e. The van der Waals surface area contributed by atoms with Crippen LogP contribution in [0, 0.1) is 0 Å². The van der Waals surface area contributed by atoms with Crippen molar-refractivity contribution in [1.29, 1.82) is 0 Å². The van der Waals surface area contributed by atoms with E-state index in [9.17, 15) is 10.2 Å². The topological polar surface area (TPSA) is 155 Å². The van der Waals surface area contributed by atoms with Gasteiger partial charge >= 0.3 is 6.01 Å². The molecule has 0 unspecified atom stereocenters. The van der Waals surface area contributed by atoms with E-state index in [1.54, 1.807) is 0 Å². The van der Waals surface area contributed by atoms with Crippen LogP contribution in [0.2, 0.25) is 0 Å². The highest BCUT2D eigenvalue weighted by atomic mass is 16.6. The zero-order valence-corrected chi connectivity index (χ0v) is 13.7. The molecule has 2 aliphatic rings. The molecule has 0 spiro atoms. The molecule has 10 heteroatoms. The number of hydrogen-bond donors (Lipinski definition) is 4. The van der Waals surface area contributed by atoms with E-state index in [0.717, 1.165) is 25.7 Å². The van der Waals surface area contributed by atoms with Crippen molar-refractivity contribution in [1.82, 2.24) is 19.5 Å². The van der Waals surface area contributed by atoms with Gasteiger partial charge in [-0.3, -0.25) is 4.57 Å². The largest absolute Gasteiger partial charge is 0.460 e. The van der Waals surface area contributed by atoms with Crippen molar-refractivity contribution in [3.8, 4) is 6.01 Å². The fourth-order valence-corrected chi connectivity index (χ4v) is 3.47. The molecule has 4 atom stereocenters. The van der Waals surface area contributed by atoms with Crippen LogP contribution in [0.5, 0.6) is 6.01 Å². The molecule has 2 aromatic rings. The molecule has 2 aromatic heterocycles. The van der Waals surface area contributed by atoms with Gasteiger partial charge < -0.3 is 31.2 Å². The lowest BCUT2D eigenvalue weighted by Crippen LogP contribution is -2.35. The summed E-state index contributed by atoms with van der Waals surface area (Å²) in [5.74, 6) is 0.195. The molecule has 1 aliphatic heterocycles. The fraction of sp³-hybridized carbons (Fsp3) is 0.667. The van der Waals surface area contributed by atoms with Crippen LogP contribution in [0.25, 0.3) is 11.2 Å². The number of nitrogen functional groups attached to an aromatic ring is 1. The Morgan fingerprint density at radius 1 is 1.24 bits per heavy atom. The van der Waals surface area contributed by atoms with Crippen LogP contribution in [0.4, 0.5) is 5.82 Å². The normalized spacial score (nSPS) is 30.4. The molecule has 2 fully saturated rings. The van der Waals surface area contributed by atoms with Gasteiger partial charge in [0.05, 0.1) is 6.33 Å². The highest BCUT2D eigenvalue weighted by molar-refractivity contribution is 5.82. The lowest BCUT2D eigenvalue weighted by molar-refractivity contribution is -0.0322. The zero-order valence-electron chi connectivity index (χ0n) is 13.7. The lowest BCUT2D eigenvalue weighted by Gasteiger charge is -2.17. The monoisotopic (exact) mass is 350 g/mol. The maximum atomic E-state index is 10.3. The zero-order chi connectivity index (χ0) is 17.6. The van der Waals surface area contributed by atoms with E-state index in [4.69, 9.17) is 20.9 Å². The second-order valence-electron chi connectivity index (χ2n) is 6.52. The molecular formula is C15H22N6O4. The van der Waals surface area contributed by atoms with Crippen molar-refractivity contribution in [2.45, 2.75) is 56.3 Å². The fourth-order valence-electron chi connectivity index (χ4n) is 3.47. The highest BCUT2D eigenvalue weighted by Crippen LogP contribution is 2.32. The van der Waals surface area contributed by atoms with Crippen LogP contribution in [-0.2, 0) is 4.74 Å². The molecule has 10 nitrogen and oxygen atoms in total. The van der Waals surface area contributed by atoms with Crippen LogP contribution < -0.4 is 16.2 Å². The Balaban J connectivity index is 1.68. The van der Waals surface area contributed by atoms with E-state index in [2.05, 4.69) is 15.0 Å². The van der Waals surface area contributed by atoms with Crippen LogP contribution in [-0.4, -0.2) is 60.7 Å². The summed E-state index contributed by atoms with van der Waals surface area (Å²) in [7, 11) is 0. The summed E-state index contributed by atoms with van der Waals surface area (Å²) in [4.78, 5) is 12.8. The molecule has 1 aliphatic carbocycles. The van der Waals surface area contributed by atoms with Gasteiger partial charge in [-0.25, -0.2) is 4.98 Å². The van der Waals surface area contributed by atoms with Crippen LogP contribution >= 0.6 is 0 Å². The van der Waals surface area contributed by atoms with Gasteiger partial charge in [-0.15, -0.1) is 0 Å². The van der Waals surface area contributed by atoms with Gasteiger partial charge in [0, 0.05) is 6.54 Å². The Labute approximate surface area is 143 Å². The third-order valence-corrected chi connectivity index (χ3v) is 4.85. The smallest absolute Gasteiger partial charge is 0.320 e. The van der Waals surface area contributed by atoms with Gasteiger partial charge in [-0.05, 0) is 25.7 Å². The van der Waals surface area contributed by atoms with Gasteiger partial charge in [-0.1, -0.05) is 0 Å². The number of anilines is 1. The first-order valence-electron chi connectivity index (χ1n) is 8.47. The molecule has 1 saturated heterocycles. The molecule has 136 valence electrons. The maximum absolute atomic E-state index is 10.3. The first-order chi connectivity index (χ1) is 12.1. The third-order valence-electron chi connectivity index (χ3n) is 4.85. The van der Waals surface area contributed by atoms with Crippen molar-refractivity contribution in [2.75, 3.05) is 12.3 Å². The number of imidazole rings is 1. The average molecular weight is 350 g/mol. The molecule has 1 saturated carbocycles. The number of aliphatic hydroxyl groups is 2. The van der Waals surface area contributed by atoms with Crippen molar-refractivity contribution in [3.05, 3.63) is 6.33 Å². The summed E-state index contributed by atoms with van der Waals surface area (Å²) in [6.07, 6.45) is 1.97. The Kier molecular flexibility index (Phi) is 4.20. The van der Waals surface area contributed by atoms with Crippen molar-refractivity contribution >= 4 is 17.0 Å². The molecule has 25 heavy (non-hydrogen) atoms. The standard InChI is InChI=1S/C15H22N6O4/c16-5-8-10(22)11(23)14(25-8)21-6-18-9-12(17)19-15(20-13(9)21)24-7-3-1-2-4-7/h6-8,10-11,14,22-23H,1-5,16H2,(H2,17,19,20)/t8-,10-,11-,14-/m1/s1. The number of aromatic nitrogens is 4. The Morgan fingerprint density at radius 2 is 2.00 bits per heavy atom. The minimum absolute atomic E-state index is 0.0879. The second kappa shape index (κ2) is 6.37. The Morgan fingerprint density at radius 3 is 2.68 bits per heavy atom. The van der Waals surface area contributed by atoms with E-state index in [1.165, 1.54) is 10.9 Å². The third kappa shape index (κ3) is 2.80. The van der Waals surface area contributed by atoms with E-state index >= 15 is 0 Å². The Bertz CT molecular complexity index is 762. The predicted octanol–water partition coefficient (Wildman–Crippen LogP) is -0.692. The molecule has 0 amide bonds. The minimum atomic E-state index is -1.15. The van der Waals surface area contributed by atoms with Gasteiger partial charge in [-0.2, -0.15) is 9.97 Å². The molecule has 6 N–H and O–H groups in total. The number of nitrogens with two attached hydrogens (primary N) is 2. The molecule has 0 radical (unpaired) electrons. The van der Waals surface area contributed by atoms with Crippen LogP contribution in [0.1, 0.15) is 31.9 Å². The number of hydrogen-bond acceptors (Lipinski definition) is 9. The molecular weight excluding hydrogens is 328 g/mol. The number of ether oxygens (including phenoxy) is 2. The Hall–Kier alpha value is -2.01. The van der Waals surface area contributed by atoms with E-state index in [0.29, 0.717) is 11.2 Å². The number of aliphatic hydroxyl groups excluding tert-OH is 2. The average Bonchev–Trinajstić information content (AvgIpc) is 3.30. The first-order valence-corrected chi connectivity index (χ1v) is 8.47. The minimum Gasteiger partial charge on any atom is -0.460 e. The van der Waals surface area contributed by atoms with Crippen molar-refractivity contribution in [2.24, 2.45) is 5.73 Å². The number of nitrogens with zero attached hydrogens (tertiary/aromatic N) is 4. The predicted molar refractivity (Wildman–Crippen MR) is 87.6 cm³/mol.